The molecule has 11 aromatic carbocycles. The number of rotatable bonds is 6. The van der Waals surface area contributed by atoms with E-state index in [2.05, 4.69) is 254 Å². The first-order valence-corrected chi connectivity index (χ1v) is 33.3. The minimum atomic E-state index is -2.04. The fourth-order valence-corrected chi connectivity index (χ4v) is 21.0. The Bertz CT molecular complexity index is 4480. The third kappa shape index (κ3) is 6.18. The summed E-state index contributed by atoms with van der Waals surface area (Å²) in [6.07, 6.45) is 0. The predicted octanol–water partition coefficient (Wildman–Crippen LogP) is 16.6. The summed E-state index contributed by atoms with van der Waals surface area (Å²) in [5, 5.41) is 11.8. The molecule has 2 aromatic heterocycles. The van der Waals surface area contributed by atoms with E-state index in [-0.39, 0.29) is 0 Å². The maximum absolute atomic E-state index is 6.90. The first kappa shape index (κ1) is 42.5. The van der Waals surface area contributed by atoms with Crippen LogP contribution < -0.4 is 29.1 Å². The van der Waals surface area contributed by atoms with Crippen LogP contribution in [-0.4, -0.2) is 20.9 Å². The average Bonchev–Trinajstić information content (AvgIpc) is 4.12. The molecule has 350 valence electrons. The molecule has 73 heavy (non-hydrogen) atoms. The van der Waals surface area contributed by atoms with Gasteiger partial charge in [-0.15, -0.1) is 0 Å². The number of hydrogen-bond donors (Lipinski definition) is 0. The van der Waals surface area contributed by atoms with Crippen molar-refractivity contribution in [1.82, 2.24) is 0 Å². The number of furan rings is 2. The monoisotopic (exact) mass is 1020 g/mol. The standard InChI is InChI=1S/C67H50N2O2SeSi/c1-41-58(31-32-62-65(41)54-21-12-14-22-61(54)72(62,2)3)69(47-18-10-7-11-19-47)49-27-25-43-37-56-53-30-29-52-55-36-42-24-26-48(34-44(42)38-59(55)70-66(52)67(53)71-60(56)39-45(43)35-49)68(46-16-8-6-9-17-46)50-28-33-64-57(40-50)51-20-13-15-23-63(51)73(64,4)5/h6-40H,1-5H3. The van der Waals surface area contributed by atoms with Crippen LogP contribution in [0.5, 0.6) is 0 Å². The van der Waals surface area contributed by atoms with E-state index in [1.54, 1.807) is 0 Å². The first-order chi connectivity index (χ1) is 35.6. The Morgan fingerprint density at radius 3 is 1.55 bits per heavy atom. The van der Waals surface area contributed by atoms with Gasteiger partial charge in [-0.2, -0.15) is 0 Å². The van der Waals surface area contributed by atoms with Gasteiger partial charge in [-0.05, 0) is 92.9 Å². The van der Waals surface area contributed by atoms with E-state index < -0.39 is 20.9 Å². The van der Waals surface area contributed by atoms with Gasteiger partial charge in [0.1, 0.15) is 13.7 Å². The van der Waals surface area contributed by atoms with Gasteiger partial charge in [0.15, 0.2) is 5.58 Å². The van der Waals surface area contributed by atoms with E-state index in [4.69, 9.17) is 8.83 Å². The Hall–Kier alpha value is -8.12. The van der Waals surface area contributed by atoms with E-state index in [0.29, 0.717) is 0 Å². The molecule has 0 atom stereocenters. The van der Waals surface area contributed by atoms with Crippen molar-refractivity contribution in [3.8, 4) is 22.3 Å². The molecule has 0 saturated heterocycles. The van der Waals surface area contributed by atoms with Crippen LogP contribution in [0.3, 0.4) is 0 Å². The van der Waals surface area contributed by atoms with Gasteiger partial charge in [-0.3, -0.25) is 0 Å². The zero-order valence-electron chi connectivity index (χ0n) is 41.3. The molecule has 13 aromatic rings. The van der Waals surface area contributed by atoms with Crippen LogP contribution in [0.1, 0.15) is 5.56 Å². The second-order valence-electron chi connectivity index (χ2n) is 20.9. The molecule has 4 heterocycles. The summed E-state index contributed by atoms with van der Waals surface area (Å²) in [6, 6.07) is 78.5. The van der Waals surface area contributed by atoms with Crippen LogP contribution >= 0.6 is 0 Å². The van der Waals surface area contributed by atoms with E-state index >= 15 is 0 Å². The van der Waals surface area contributed by atoms with Crippen molar-refractivity contribution in [2.24, 2.45) is 0 Å². The fourth-order valence-electron chi connectivity index (χ4n) is 12.6. The Kier molecular flexibility index (Phi) is 9.00. The molecule has 0 N–H and O–H groups in total. The molecule has 6 heteroatoms. The fraction of sp³-hybridized carbons (Fsp3) is 0.0746. The summed E-state index contributed by atoms with van der Waals surface area (Å²) >= 11 is -2.04. The Morgan fingerprint density at radius 2 is 0.904 bits per heavy atom. The van der Waals surface area contributed by atoms with Crippen LogP contribution in [0.15, 0.2) is 221 Å². The normalized spacial score (nSPS) is 14.5. The number of benzene rings is 11. The quantitative estimate of drug-likeness (QED) is 0.155. The van der Waals surface area contributed by atoms with Gasteiger partial charge in [0.05, 0.1) is 0 Å². The topological polar surface area (TPSA) is 32.8 Å². The summed E-state index contributed by atoms with van der Waals surface area (Å²) in [7, 11) is -1.79. The third-order valence-electron chi connectivity index (χ3n) is 16.2. The van der Waals surface area contributed by atoms with Gasteiger partial charge >= 0.3 is 213 Å². The zero-order chi connectivity index (χ0) is 48.9. The number of para-hydroxylation sites is 2. The molecule has 0 spiro atoms. The molecule has 15 rings (SSSR count). The van der Waals surface area contributed by atoms with Gasteiger partial charge in [-0.1, -0.05) is 67.7 Å². The van der Waals surface area contributed by atoms with E-state index in [1.165, 1.54) is 52.8 Å². The third-order valence-corrected chi connectivity index (χ3v) is 25.9. The van der Waals surface area contributed by atoms with Crippen molar-refractivity contribution in [2.75, 3.05) is 9.80 Å². The summed E-state index contributed by atoms with van der Waals surface area (Å²) in [4.78, 5) is 4.81. The second-order valence-corrected chi connectivity index (χ2v) is 32.7. The molecule has 2 aliphatic heterocycles. The van der Waals surface area contributed by atoms with Crippen molar-refractivity contribution in [3.05, 3.63) is 218 Å². The van der Waals surface area contributed by atoms with Crippen LogP contribution in [-0.2, 0) is 0 Å². The maximum atomic E-state index is 6.90. The predicted molar refractivity (Wildman–Crippen MR) is 314 cm³/mol. The Morgan fingerprint density at radius 1 is 0.384 bits per heavy atom. The molecule has 0 saturated carbocycles. The van der Waals surface area contributed by atoms with Crippen molar-refractivity contribution >= 4 is 140 Å². The molecular formula is C67H50N2O2SeSi. The van der Waals surface area contributed by atoms with Crippen LogP contribution in [0.4, 0.5) is 34.1 Å². The summed E-state index contributed by atoms with van der Waals surface area (Å²) in [6.45, 7) is 7.26. The van der Waals surface area contributed by atoms with Crippen LogP contribution in [0.2, 0.25) is 24.7 Å². The minimum absolute atomic E-state index is 0.773. The second kappa shape index (κ2) is 15.4. The number of anilines is 6. The summed E-state index contributed by atoms with van der Waals surface area (Å²) < 4.78 is 16.9. The van der Waals surface area contributed by atoms with Crippen LogP contribution in [0.25, 0.3) is 87.7 Å². The molecule has 0 unspecified atom stereocenters. The zero-order valence-corrected chi connectivity index (χ0v) is 44.0. The van der Waals surface area contributed by atoms with Gasteiger partial charge in [0.2, 0.25) is 0 Å². The molecular weight excluding hydrogens is 972 g/mol. The van der Waals surface area contributed by atoms with Gasteiger partial charge in [0.25, 0.3) is 0 Å². The van der Waals surface area contributed by atoms with Crippen molar-refractivity contribution in [3.63, 3.8) is 0 Å². The van der Waals surface area contributed by atoms with E-state index in [9.17, 15) is 0 Å². The number of nitrogens with zero attached hydrogens (tertiary/aromatic N) is 2. The van der Waals surface area contributed by atoms with Crippen molar-refractivity contribution in [2.45, 2.75) is 31.7 Å². The molecule has 0 fully saturated rings. The molecule has 2 aliphatic rings. The van der Waals surface area contributed by atoms with Crippen molar-refractivity contribution in [1.29, 1.82) is 0 Å². The van der Waals surface area contributed by atoms with Gasteiger partial charge in [0, 0.05) is 27.8 Å². The Balaban J connectivity index is 0.832. The van der Waals surface area contributed by atoms with Gasteiger partial charge < -0.3 is 9.32 Å². The molecule has 4 nitrogen and oxygen atoms in total. The SMILES string of the molecule is Cc1c(N(c2ccccc2)c2ccc3cc4c(cc3c2)oc2c4ccc3c4cc5ccc(N(c6ccccc6)c6ccc7c(c6)-c6ccccc6[Si]7(C)C)cc5cc4oc32)ccc2c1-c1ccccc1[Se]2(C)C. The average molecular weight is 1020 g/mol. The van der Waals surface area contributed by atoms with E-state index in [0.717, 1.165) is 93.9 Å². The molecule has 0 aliphatic carbocycles. The molecule has 0 bridgehead atoms. The summed E-state index contributed by atoms with van der Waals surface area (Å²) in [5.74, 6) is 5.01. The van der Waals surface area contributed by atoms with Crippen molar-refractivity contribution < 1.29 is 8.83 Å². The first-order valence-electron chi connectivity index (χ1n) is 25.2. The Labute approximate surface area is 427 Å². The molecule has 0 amide bonds. The summed E-state index contributed by atoms with van der Waals surface area (Å²) in [5.41, 5.74) is 16.9. The van der Waals surface area contributed by atoms with E-state index in [1.807, 2.05) is 0 Å². The van der Waals surface area contributed by atoms with Gasteiger partial charge in [-0.25, -0.2) is 0 Å². The number of hydrogen-bond acceptors (Lipinski definition) is 4. The molecule has 0 radical (unpaired) electrons. The number of fused-ring (bicyclic) bond motifs is 15. The van der Waals surface area contributed by atoms with Crippen LogP contribution in [0, 0.1) is 6.92 Å².